The lowest BCUT2D eigenvalue weighted by molar-refractivity contribution is 0.140. The second kappa shape index (κ2) is 5.44. The number of halogens is 2. The van der Waals surface area contributed by atoms with Crippen molar-refractivity contribution in [2.45, 2.75) is 19.8 Å². The molecular formula is C10H13BrFNO. The minimum atomic E-state index is -0.223. The first-order valence-electron chi connectivity index (χ1n) is 4.47. The van der Waals surface area contributed by atoms with Crippen molar-refractivity contribution >= 4 is 15.9 Å². The summed E-state index contributed by atoms with van der Waals surface area (Å²) in [6.07, 6.45) is 1.38. The first-order valence-corrected chi connectivity index (χ1v) is 5.26. The Balaban J connectivity index is 2.95. The van der Waals surface area contributed by atoms with Crippen LogP contribution in [0.3, 0.4) is 0 Å². The molecule has 0 radical (unpaired) electrons. The molecule has 0 fully saturated rings. The molecule has 2 nitrogen and oxygen atoms in total. The van der Waals surface area contributed by atoms with Crippen LogP contribution in [0, 0.1) is 5.82 Å². The van der Waals surface area contributed by atoms with Crippen LogP contribution in [0.25, 0.3) is 0 Å². The van der Waals surface area contributed by atoms with E-state index in [0.717, 1.165) is 12.0 Å². The van der Waals surface area contributed by atoms with Crippen molar-refractivity contribution in [3.05, 3.63) is 33.5 Å². The Bertz CT molecular complexity index is 317. The van der Waals surface area contributed by atoms with Crippen LogP contribution < -0.4 is 5.90 Å². The van der Waals surface area contributed by atoms with E-state index < -0.39 is 0 Å². The van der Waals surface area contributed by atoms with Crippen molar-refractivity contribution in [2.24, 2.45) is 5.90 Å². The predicted octanol–water partition coefficient (Wildman–Crippen LogP) is 2.58. The van der Waals surface area contributed by atoms with Crippen molar-refractivity contribution in [1.29, 1.82) is 0 Å². The largest absolute Gasteiger partial charge is 0.304 e. The number of hydrogen-bond acceptors (Lipinski definition) is 2. The fourth-order valence-corrected chi connectivity index (χ4v) is 1.81. The van der Waals surface area contributed by atoms with Crippen LogP contribution in [0.1, 0.15) is 18.1 Å². The van der Waals surface area contributed by atoms with Gasteiger partial charge in [-0.2, -0.15) is 0 Å². The molecule has 1 aromatic rings. The van der Waals surface area contributed by atoms with Crippen LogP contribution in [0.5, 0.6) is 0 Å². The highest BCUT2D eigenvalue weighted by Gasteiger charge is 2.08. The van der Waals surface area contributed by atoms with Crippen molar-refractivity contribution in [1.82, 2.24) is 0 Å². The van der Waals surface area contributed by atoms with Crippen LogP contribution in [-0.2, 0) is 17.7 Å². The molecule has 2 N–H and O–H groups in total. The molecule has 0 heterocycles. The lowest BCUT2D eigenvalue weighted by Gasteiger charge is -2.07. The third-order valence-electron chi connectivity index (χ3n) is 2.06. The number of hydrogen-bond donors (Lipinski definition) is 1. The molecule has 0 atom stereocenters. The zero-order valence-electron chi connectivity index (χ0n) is 8.02. The fourth-order valence-electron chi connectivity index (χ4n) is 1.26. The normalized spacial score (nSPS) is 10.6. The van der Waals surface area contributed by atoms with Gasteiger partial charge in [0.2, 0.25) is 0 Å². The van der Waals surface area contributed by atoms with E-state index in [1.165, 1.54) is 0 Å². The molecular weight excluding hydrogens is 249 g/mol. The van der Waals surface area contributed by atoms with E-state index in [0.29, 0.717) is 23.1 Å². The molecule has 0 aliphatic rings. The highest BCUT2D eigenvalue weighted by atomic mass is 79.9. The van der Waals surface area contributed by atoms with Gasteiger partial charge in [0.1, 0.15) is 5.82 Å². The van der Waals surface area contributed by atoms with Crippen LogP contribution in [0.2, 0.25) is 0 Å². The Hall–Kier alpha value is -0.450. The standard InChI is InChI=1S/C10H13BrFNO/c1-2-7-5-8(3-4-14-13)10(12)9(11)6-7/h5-6H,2-4,13H2,1H3. The molecule has 0 aromatic heterocycles. The van der Waals surface area contributed by atoms with Crippen LogP contribution in [-0.4, -0.2) is 6.61 Å². The maximum Gasteiger partial charge on any atom is 0.140 e. The van der Waals surface area contributed by atoms with E-state index in [2.05, 4.69) is 20.8 Å². The molecule has 4 heteroatoms. The van der Waals surface area contributed by atoms with E-state index in [1.807, 2.05) is 13.0 Å². The minimum Gasteiger partial charge on any atom is -0.304 e. The Labute approximate surface area is 91.3 Å². The number of benzene rings is 1. The molecule has 14 heavy (non-hydrogen) atoms. The maximum absolute atomic E-state index is 13.5. The van der Waals surface area contributed by atoms with Crippen molar-refractivity contribution in [3.63, 3.8) is 0 Å². The minimum absolute atomic E-state index is 0.223. The summed E-state index contributed by atoms with van der Waals surface area (Å²) in [5.74, 6) is 4.68. The zero-order chi connectivity index (χ0) is 10.6. The second-order valence-electron chi connectivity index (χ2n) is 3.03. The molecule has 1 rings (SSSR count). The molecule has 1 aromatic carbocycles. The first kappa shape index (κ1) is 11.6. The van der Waals surface area contributed by atoms with Gasteiger partial charge in [0.05, 0.1) is 11.1 Å². The van der Waals surface area contributed by atoms with Crippen LogP contribution >= 0.6 is 15.9 Å². The summed E-state index contributed by atoms with van der Waals surface area (Å²) < 4.78 is 14.0. The van der Waals surface area contributed by atoms with Gasteiger partial charge >= 0.3 is 0 Å². The smallest absolute Gasteiger partial charge is 0.140 e. The summed E-state index contributed by atoms with van der Waals surface area (Å²) in [4.78, 5) is 4.43. The van der Waals surface area contributed by atoms with Gasteiger partial charge in [0.15, 0.2) is 0 Å². The van der Waals surface area contributed by atoms with E-state index in [-0.39, 0.29) is 5.82 Å². The topological polar surface area (TPSA) is 35.2 Å². The van der Waals surface area contributed by atoms with Gasteiger partial charge < -0.3 is 4.84 Å². The summed E-state index contributed by atoms with van der Waals surface area (Å²) >= 11 is 3.18. The van der Waals surface area contributed by atoms with Gasteiger partial charge in [-0.05, 0) is 39.5 Å². The quantitative estimate of drug-likeness (QED) is 0.846. The average Bonchev–Trinajstić information content (AvgIpc) is 2.20. The number of aryl methyl sites for hydroxylation is 1. The van der Waals surface area contributed by atoms with E-state index in [9.17, 15) is 4.39 Å². The monoisotopic (exact) mass is 261 g/mol. The highest BCUT2D eigenvalue weighted by Crippen LogP contribution is 2.22. The third kappa shape index (κ3) is 2.77. The van der Waals surface area contributed by atoms with Crippen molar-refractivity contribution in [3.8, 4) is 0 Å². The highest BCUT2D eigenvalue weighted by molar-refractivity contribution is 9.10. The van der Waals surface area contributed by atoms with E-state index in [4.69, 9.17) is 5.90 Å². The Morgan fingerprint density at radius 2 is 2.21 bits per heavy atom. The lowest BCUT2D eigenvalue weighted by Crippen LogP contribution is -2.05. The summed E-state index contributed by atoms with van der Waals surface area (Å²) in [5.41, 5.74) is 1.74. The molecule has 0 spiro atoms. The molecule has 0 saturated heterocycles. The summed E-state index contributed by atoms with van der Waals surface area (Å²) in [6.45, 7) is 2.36. The van der Waals surface area contributed by atoms with Gasteiger partial charge in [0, 0.05) is 6.42 Å². The summed E-state index contributed by atoms with van der Waals surface area (Å²) in [7, 11) is 0. The molecule has 78 valence electrons. The van der Waals surface area contributed by atoms with Gasteiger partial charge in [0.25, 0.3) is 0 Å². The Morgan fingerprint density at radius 1 is 1.50 bits per heavy atom. The number of rotatable bonds is 4. The van der Waals surface area contributed by atoms with Crippen LogP contribution in [0.15, 0.2) is 16.6 Å². The molecule has 0 bridgehead atoms. The lowest BCUT2D eigenvalue weighted by atomic mass is 10.1. The van der Waals surface area contributed by atoms with Crippen molar-refractivity contribution < 1.29 is 9.23 Å². The van der Waals surface area contributed by atoms with Crippen molar-refractivity contribution in [2.75, 3.05) is 6.61 Å². The van der Waals surface area contributed by atoms with Gasteiger partial charge in [-0.25, -0.2) is 10.3 Å². The Morgan fingerprint density at radius 3 is 2.79 bits per heavy atom. The Kier molecular flexibility index (Phi) is 4.51. The van der Waals surface area contributed by atoms with E-state index >= 15 is 0 Å². The summed E-state index contributed by atoms with van der Waals surface area (Å²) in [5, 5.41) is 0. The second-order valence-corrected chi connectivity index (χ2v) is 3.88. The molecule has 0 amide bonds. The average molecular weight is 262 g/mol. The molecule has 0 aliphatic heterocycles. The third-order valence-corrected chi connectivity index (χ3v) is 2.64. The van der Waals surface area contributed by atoms with Gasteiger partial charge in [-0.1, -0.05) is 13.0 Å². The predicted molar refractivity (Wildman–Crippen MR) is 57.3 cm³/mol. The first-order chi connectivity index (χ1) is 6.69. The SMILES string of the molecule is CCc1cc(Br)c(F)c(CCON)c1. The molecule has 0 saturated carbocycles. The maximum atomic E-state index is 13.5. The van der Waals surface area contributed by atoms with Gasteiger partial charge in [-0.3, -0.25) is 0 Å². The van der Waals surface area contributed by atoms with E-state index in [1.54, 1.807) is 6.07 Å². The zero-order valence-corrected chi connectivity index (χ0v) is 9.60. The fraction of sp³-hybridized carbons (Fsp3) is 0.400. The number of nitrogens with two attached hydrogens (primary N) is 1. The molecule has 0 unspecified atom stereocenters. The van der Waals surface area contributed by atoms with Crippen LogP contribution in [0.4, 0.5) is 4.39 Å². The van der Waals surface area contributed by atoms with Gasteiger partial charge in [-0.15, -0.1) is 0 Å². The summed E-state index contributed by atoms with van der Waals surface area (Å²) in [6, 6.07) is 3.64. The molecule has 0 aliphatic carbocycles.